The topological polar surface area (TPSA) is 61.4 Å². The summed E-state index contributed by atoms with van der Waals surface area (Å²) < 4.78 is 0. The zero-order chi connectivity index (χ0) is 16.9. The number of urea groups is 1. The summed E-state index contributed by atoms with van der Waals surface area (Å²) in [6.45, 7) is 2.63. The van der Waals surface area contributed by atoms with E-state index >= 15 is 0 Å². The van der Waals surface area contributed by atoms with Crippen LogP contribution in [-0.2, 0) is 13.2 Å². The highest BCUT2D eigenvalue weighted by molar-refractivity contribution is 5.74. The third-order valence-corrected chi connectivity index (χ3v) is 4.82. The molecule has 2 unspecified atom stereocenters. The van der Waals surface area contributed by atoms with Crippen LogP contribution in [0.15, 0.2) is 48.5 Å². The molecule has 0 saturated heterocycles. The highest BCUT2D eigenvalue weighted by Gasteiger charge is 2.25. The Balaban J connectivity index is 1.63. The summed E-state index contributed by atoms with van der Waals surface area (Å²) in [6.07, 6.45) is 2.04. The summed E-state index contributed by atoms with van der Waals surface area (Å²) in [5, 5.41) is 15.3. The van der Waals surface area contributed by atoms with Gasteiger partial charge in [-0.05, 0) is 41.0 Å². The molecule has 3 N–H and O–H groups in total. The molecule has 4 nitrogen and oxygen atoms in total. The number of aliphatic hydroxyl groups excluding tert-OH is 1. The van der Waals surface area contributed by atoms with Crippen molar-refractivity contribution in [1.29, 1.82) is 0 Å². The summed E-state index contributed by atoms with van der Waals surface area (Å²) in [5.74, 6) is 0.541. The van der Waals surface area contributed by atoms with E-state index in [1.54, 1.807) is 0 Å². The number of benzene rings is 2. The summed E-state index contributed by atoms with van der Waals surface area (Å²) in [6, 6.07) is 15.8. The predicted octanol–water partition coefficient (Wildman–Crippen LogP) is 3.62. The zero-order valence-electron chi connectivity index (χ0n) is 14.0. The lowest BCUT2D eigenvalue weighted by Crippen LogP contribution is -2.39. The molecule has 4 heteroatoms. The molecule has 0 spiro atoms. The van der Waals surface area contributed by atoms with Crippen molar-refractivity contribution >= 4 is 6.03 Å². The van der Waals surface area contributed by atoms with Gasteiger partial charge in [0.05, 0.1) is 12.6 Å². The molecular weight excluding hydrogens is 300 g/mol. The molecule has 2 aromatic carbocycles. The van der Waals surface area contributed by atoms with Crippen LogP contribution in [0.3, 0.4) is 0 Å². The van der Waals surface area contributed by atoms with Crippen molar-refractivity contribution in [3.63, 3.8) is 0 Å². The lowest BCUT2D eigenvalue weighted by atomic mass is 9.81. The van der Waals surface area contributed by atoms with Crippen LogP contribution in [0, 0.1) is 0 Å². The zero-order valence-corrected chi connectivity index (χ0v) is 14.0. The van der Waals surface area contributed by atoms with Crippen molar-refractivity contribution in [1.82, 2.24) is 10.6 Å². The summed E-state index contributed by atoms with van der Waals surface area (Å²) in [5.41, 5.74) is 4.34. The van der Waals surface area contributed by atoms with Crippen LogP contribution in [0.2, 0.25) is 0 Å². The minimum atomic E-state index is -0.169. The molecular formula is C20H24N2O2. The van der Waals surface area contributed by atoms with Crippen molar-refractivity contribution in [3.8, 4) is 0 Å². The fraction of sp³-hybridized carbons (Fsp3) is 0.350. The van der Waals surface area contributed by atoms with E-state index in [0.717, 1.165) is 24.0 Å². The van der Waals surface area contributed by atoms with E-state index in [4.69, 9.17) is 0 Å². The van der Waals surface area contributed by atoms with Crippen LogP contribution >= 0.6 is 0 Å². The molecule has 0 aromatic heterocycles. The van der Waals surface area contributed by atoms with Crippen LogP contribution in [0.4, 0.5) is 4.79 Å². The summed E-state index contributed by atoms with van der Waals surface area (Å²) >= 11 is 0. The molecule has 1 aliphatic rings. The maximum Gasteiger partial charge on any atom is 0.315 e. The van der Waals surface area contributed by atoms with Crippen molar-refractivity contribution in [2.45, 2.75) is 44.9 Å². The molecule has 0 radical (unpaired) electrons. The van der Waals surface area contributed by atoms with Crippen molar-refractivity contribution in [3.05, 3.63) is 70.8 Å². The van der Waals surface area contributed by atoms with Crippen LogP contribution in [0.1, 0.15) is 54.0 Å². The van der Waals surface area contributed by atoms with Gasteiger partial charge in [-0.1, -0.05) is 55.5 Å². The van der Waals surface area contributed by atoms with Gasteiger partial charge in [-0.15, -0.1) is 0 Å². The number of carbonyl (C=O) groups is 1. The van der Waals surface area contributed by atoms with Gasteiger partial charge in [0.2, 0.25) is 0 Å². The van der Waals surface area contributed by atoms with Gasteiger partial charge in [-0.3, -0.25) is 0 Å². The summed E-state index contributed by atoms with van der Waals surface area (Å²) in [4.78, 5) is 12.3. The van der Waals surface area contributed by atoms with E-state index in [2.05, 4.69) is 35.8 Å². The number of hydrogen-bond donors (Lipinski definition) is 3. The quantitative estimate of drug-likeness (QED) is 0.804. The third kappa shape index (κ3) is 3.60. The molecule has 0 aliphatic heterocycles. The molecule has 3 rings (SSSR count). The maximum atomic E-state index is 12.3. The van der Waals surface area contributed by atoms with Crippen LogP contribution in [0.5, 0.6) is 0 Å². The summed E-state index contributed by atoms with van der Waals surface area (Å²) in [7, 11) is 0. The highest BCUT2D eigenvalue weighted by atomic mass is 16.3. The van der Waals surface area contributed by atoms with Gasteiger partial charge < -0.3 is 15.7 Å². The standard InChI is InChI=1S/C20H24N2O2/c1-14-10-11-19(18-9-5-4-8-17(14)18)22-20(24)21-12-15-6-2-3-7-16(15)13-23/h2-9,14,19,23H,10-13H2,1H3,(H2,21,22,24). The molecule has 2 atom stereocenters. The molecule has 2 aromatic rings. The number of amides is 2. The Bertz CT molecular complexity index is 714. The number of aliphatic hydroxyl groups is 1. The van der Waals surface area contributed by atoms with Crippen LogP contribution in [-0.4, -0.2) is 11.1 Å². The van der Waals surface area contributed by atoms with Gasteiger partial charge in [0.15, 0.2) is 0 Å². The molecule has 1 aliphatic carbocycles. The second-order valence-electron chi connectivity index (χ2n) is 6.41. The third-order valence-electron chi connectivity index (χ3n) is 4.82. The SMILES string of the molecule is CC1CCC(NC(=O)NCc2ccccc2CO)c2ccccc21. The van der Waals surface area contributed by atoms with Gasteiger partial charge in [0, 0.05) is 6.54 Å². The molecule has 0 bridgehead atoms. The molecule has 2 amide bonds. The molecule has 0 fully saturated rings. The number of carbonyl (C=O) groups excluding carboxylic acids is 1. The molecule has 0 heterocycles. The minimum absolute atomic E-state index is 0.0205. The Hall–Kier alpha value is -2.33. The Labute approximate surface area is 142 Å². The lowest BCUT2D eigenvalue weighted by molar-refractivity contribution is 0.234. The average molecular weight is 324 g/mol. The first-order chi connectivity index (χ1) is 11.7. The van der Waals surface area contributed by atoms with Gasteiger partial charge in [0.25, 0.3) is 0 Å². The van der Waals surface area contributed by atoms with E-state index < -0.39 is 0 Å². The number of rotatable bonds is 4. The first-order valence-electron chi connectivity index (χ1n) is 8.50. The van der Waals surface area contributed by atoms with E-state index in [1.807, 2.05) is 30.3 Å². The predicted molar refractivity (Wildman–Crippen MR) is 94.6 cm³/mol. The van der Waals surface area contributed by atoms with Crippen LogP contribution < -0.4 is 10.6 Å². The average Bonchev–Trinajstić information content (AvgIpc) is 2.63. The largest absolute Gasteiger partial charge is 0.392 e. The first kappa shape index (κ1) is 16.5. The molecule has 24 heavy (non-hydrogen) atoms. The Kier molecular flexibility index (Phi) is 5.16. The lowest BCUT2D eigenvalue weighted by Gasteiger charge is -2.30. The second-order valence-corrected chi connectivity index (χ2v) is 6.41. The van der Waals surface area contributed by atoms with Crippen molar-refractivity contribution in [2.75, 3.05) is 0 Å². The smallest absolute Gasteiger partial charge is 0.315 e. The van der Waals surface area contributed by atoms with Crippen molar-refractivity contribution in [2.24, 2.45) is 0 Å². The van der Waals surface area contributed by atoms with Gasteiger partial charge in [0.1, 0.15) is 0 Å². The Morgan fingerprint density at radius 2 is 1.71 bits per heavy atom. The first-order valence-corrected chi connectivity index (χ1v) is 8.50. The van der Waals surface area contributed by atoms with Gasteiger partial charge in [-0.2, -0.15) is 0 Å². The van der Waals surface area contributed by atoms with Crippen LogP contribution in [0.25, 0.3) is 0 Å². The minimum Gasteiger partial charge on any atom is -0.392 e. The molecule has 126 valence electrons. The number of hydrogen-bond acceptors (Lipinski definition) is 2. The van der Waals surface area contributed by atoms with E-state index in [1.165, 1.54) is 11.1 Å². The van der Waals surface area contributed by atoms with Crippen molar-refractivity contribution < 1.29 is 9.90 Å². The maximum absolute atomic E-state index is 12.3. The Morgan fingerprint density at radius 3 is 2.46 bits per heavy atom. The normalized spacial score (nSPS) is 19.4. The van der Waals surface area contributed by atoms with E-state index in [-0.39, 0.29) is 18.7 Å². The van der Waals surface area contributed by atoms with E-state index in [0.29, 0.717) is 12.5 Å². The Morgan fingerprint density at radius 1 is 1.04 bits per heavy atom. The second kappa shape index (κ2) is 7.49. The fourth-order valence-electron chi connectivity index (χ4n) is 3.42. The highest BCUT2D eigenvalue weighted by Crippen LogP contribution is 2.36. The fourth-order valence-corrected chi connectivity index (χ4v) is 3.42. The number of nitrogens with one attached hydrogen (secondary N) is 2. The molecule has 0 saturated carbocycles. The van der Waals surface area contributed by atoms with Gasteiger partial charge in [-0.25, -0.2) is 4.79 Å². The number of fused-ring (bicyclic) bond motifs is 1. The van der Waals surface area contributed by atoms with Gasteiger partial charge >= 0.3 is 6.03 Å². The monoisotopic (exact) mass is 324 g/mol. The van der Waals surface area contributed by atoms with E-state index in [9.17, 15) is 9.90 Å².